The van der Waals surface area contributed by atoms with Gasteiger partial charge in [0.15, 0.2) is 0 Å². The maximum Gasteiger partial charge on any atom is 0.0317 e. The topological polar surface area (TPSA) is 12.0 Å². The number of halogens is 1. The van der Waals surface area contributed by atoms with Crippen molar-refractivity contribution in [2.45, 2.75) is 44.9 Å². The monoisotopic (exact) mass is 329 g/mol. The molecule has 1 aliphatic carbocycles. The molecular formula is C15H24BrNS. The van der Waals surface area contributed by atoms with Gasteiger partial charge in [-0.3, -0.25) is 0 Å². The summed E-state index contributed by atoms with van der Waals surface area (Å²) in [6, 6.07) is 0. The fourth-order valence-corrected chi connectivity index (χ4v) is 5.09. The minimum atomic E-state index is 0.753. The number of hydrogen-bond acceptors (Lipinski definition) is 2. The molecule has 0 aliphatic heterocycles. The van der Waals surface area contributed by atoms with E-state index in [0.29, 0.717) is 0 Å². The summed E-state index contributed by atoms with van der Waals surface area (Å²) >= 11 is 5.56. The van der Waals surface area contributed by atoms with Crippen LogP contribution in [0.15, 0.2) is 15.2 Å². The molecule has 2 rings (SSSR count). The predicted molar refractivity (Wildman–Crippen MR) is 84.4 cm³/mol. The smallest absolute Gasteiger partial charge is 0.0317 e. The third kappa shape index (κ3) is 3.37. The minimum absolute atomic E-state index is 0.753. The third-order valence-electron chi connectivity index (χ3n) is 4.31. The van der Waals surface area contributed by atoms with E-state index in [2.05, 4.69) is 46.0 Å². The number of nitrogens with one attached hydrogen (secondary N) is 1. The number of thiophene rings is 1. The summed E-state index contributed by atoms with van der Waals surface area (Å²) in [5.74, 6) is 2.51. The molecule has 0 aromatic carbocycles. The molecule has 18 heavy (non-hydrogen) atoms. The van der Waals surface area contributed by atoms with Gasteiger partial charge < -0.3 is 5.32 Å². The summed E-state index contributed by atoms with van der Waals surface area (Å²) in [5.41, 5.74) is 1.56. The van der Waals surface area contributed by atoms with Crippen LogP contribution in [0.3, 0.4) is 0 Å². The normalized spacial score (nSPS) is 28.5. The summed E-state index contributed by atoms with van der Waals surface area (Å²) < 4.78 is 1.33. The Bertz CT molecular complexity index is 363. The molecule has 1 aliphatic rings. The van der Waals surface area contributed by atoms with Gasteiger partial charge in [0.2, 0.25) is 0 Å². The van der Waals surface area contributed by atoms with Crippen molar-refractivity contribution in [1.29, 1.82) is 0 Å². The first kappa shape index (κ1) is 14.5. The van der Waals surface area contributed by atoms with Gasteiger partial charge >= 0.3 is 0 Å². The lowest BCUT2D eigenvalue weighted by Crippen LogP contribution is -2.30. The SMILES string of the molecule is CCCC1CCC(CNC)C(c2cscc2Br)C1. The standard InChI is InChI=1S/C15H24BrNS/c1-3-4-11-5-6-12(8-17-2)13(7-11)14-9-18-10-15(14)16/h9-13,17H,3-8H2,1-2H3. The maximum atomic E-state index is 3.73. The van der Waals surface area contributed by atoms with Crippen molar-refractivity contribution in [3.63, 3.8) is 0 Å². The highest BCUT2D eigenvalue weighted by Gasteiger charge is 2.32. The average molecular weight is 330 g/mol. The van der Waals surface area contributed by atoms with Crippen LogP contribution in [-0.4, -0.2) is 13.6 Å². The van der Waals surface area contributed by atoms with Gasteiger partial charge in [-0.05, 0) is 71.1 Å². The zero-order chi connectivity index (χ0) is 13.0. The molecule has 1 saturated carbocycles. The Kier molecular flexibility index (Phi) is 5.71. The second-order valence-electron chi connectivity index (χ2n) is 5.57. The van der Waals surface area contributed by atoms with Crippen molar-refractivity contribution < 1.29 is 0 Å². The molecular weight excluding hydrogens is 306 g/mol. The molecule has 1 nitrogen and oxygen atoms in total. The van der Waals surface area contributed by atoms with E-state index in [4.69, 9.17) is 0 Å². The van der Waals surface area contributed by atoms with Crippen LogP contribution >= 0.6 is 27.3 Å². The Morgan fingerprint density at radius 2 is 2.22 bits per heavy atom. The van der Waals surface area contributed by atoms with Gasteiger partial charge in [-0.15, -0.1) is 0 Å². The predicted octanol–water partition coefficient (Wildman–Crippen LogP) is 5.03. The lowest BCUT2D eigenvalue weighted by atomic mass is 9.70. The summed E-state index contributed by atoms with van der Waals surface area (Å²) in [4.78, 5) is 0. The number of rotatable bonds is 5. The van der Waals surface area contributed by atoms with Gasteiger partial charge in [0.05, 0.1) is 0 Å². The van der Waals surface area contributed by atoms with Crippen molar-refractivity contribution >= 4 is 27.3 Å². The summed E-state index contributed by atoms with van der Waals surface area (Å²) in [5, 5.41) is 7.97. The third-order valence-corrected chi connectivity index (χ3v) is 6.06. The fourth-order valence-electron chi connectivity index (χ4n) is 3.43. The van der Waals surface area contributed by atoms with Gasteiger partial charge in [-0.1, -0.05) is 26.2 Å². The van der Waals surface area contributed by atoms with E-state index >= 15 is 0 Å². The Hall–Kier alpha value is 0.140. The molecule has 0 spiro atoms. The molecule has 1 fully saturated rings. The largest absolute Gasteiger partial charge is 0.319 e. The molecule has 0 bridgehead atoms. The van der Waals surface area contributed by atoms with Crippen LogP contribution < -0.4 is 5.32 Å². The Morgan fingerprint density at radius 1 is 1.39 bits per heavy atom. The molecule has 1 heterocycles. The molecule has 102 valence electrons. The quantitative estimate of drug-likeness (QED) is 0.798. The highest BCUT2D eigenvalue weighted by Crippen LogP contribution is 2.44. The van der Waals surface area contributed by atoms with Crippen molar-refractivity contribution in [2.75, 3.05) is 13.6 Å². The van der Waals surface area contributed by atoms with E-state index < -0.39 is 0 Å². The van der Waals surface area contributed by atoms with E-state index in [0.717, 1.165) is 24.3 Å². The second kappa shape index (κ2) is 7.06. The fraction of sp³-hybridized carbons (Fsp3) is 0.733. The molecule has 1 aromatic heterocycles. The molecule has 0 radical (unpaired) electrons. The van der Waals surface area contributed by atoms with E-state index in [1.165, 1.54) is 36.6 Å². The van der Waals surface area contributed by atoms with Crippen LogP contribution in [0.5, 0.6) is 0 Å². The summed E-state index contributed by atoms with van der Waals surface area (Å²) in [6.07, 6.45) is 6.94. The molecule has 3 atom stereocenters. The second-order valence-corrected chi connectivity index (χ2v) is 7.16. The number of hydrogen-bond donors (Lipinski definition) is 1. The molecule has 0 amide bonds. The van der Waals surface area contributed by atoms with Crippen molar-refractivity contribution in [3.05, 3.63) is 20.8 Å². The van der Waals surface area contributed by atoms with E-state index in [1.807, 2.05) is 11.3 Å². The minimum Gasteiger partial charge on any atom is -0.319 e. The van der Waals surface area contributed by atoms with Gasteiger partial charge in [-0.25, -0.2) is 0 Å². The van der Waals surface area contributed by atoms with Crippen LogP contribution in [0, 0.1) is 11.8 Å². The van der Waals surface area contributed by atoms with Crippen LogP contribution in [-0.2, 0) is 0 Å². The first-order valence-corrected chi connectivity index (χ1v) is 8.86. The average Bonchev–Trinajstić information content (AvgIpc) is 2.78. The zero-order valence-corrected chi connectivity index (χ0v) is 13.8. The van der Waals surface area contributed by atoms with Crippen LogP contribution in [0.25, 0.3) is 0 Å². The molecule has 0 saturated heterocycles. The molecule has 1 aromatic rings. The van der Waals surface area contributed by atoms with E-state index in [-0.39, 0.29) is 0 Å². The maximum absolute atomic E-state index is 3.73. The summed E-state index contributed by atoms with van der Waals surface area (Å²) in [7, 11) is 2.08. The molecule has 1 N–H and O–H groups in total. The Balaban J connectivity index is 2.12. The highest BCUT2D eigenvalue weighted by atomic mass is 79.9. The van der Waals surface area contributed by atoms with Crippen LogP contribution in [0.2, 0.25) is 0 Å². The Morgan fingerprint density at radius 3 is 2.83 bits per heavy atom. The van der Waals surface area contributed by atoms with Crippen molar-refractivity contribution in [1.82, 2.24) is 5.32 Å². The molecule has 3 unspecified atom stereocenters. The lowest BCUT2D eigenvalue weighted by molar-refractivity contribution is 0.223. The van der Waals surface area contributed by atoms with E-state index in [9.17, 15) is 0 Å². The first-order chi connectivity index (χ1) is 8.76. The van der Waals surface area contributed by atoms with E-state index in [1.54, 1.807) is 5.56 Å². The van der Waals surface area contributed by atoms with Gasteiger partial charge in [-0.2, -0.15) is 11.3 Å². The lowest BCUT2D eigenvalue weighted by Gasteiger charge is -2.36. The first-order valence-electron chi connectivity index (χ1n) is 7.12. The van der Waals surface area contributed by atoms with Crippen molar-refractivity contribution in [3.8, 4) is 0 Å². The van der Waals surface area contributed by atoms with Crippen LogP contribution in [0.4, 0.5) is 0 Å². The van der Waals surface area contributed by atoms with Crippen molar-refractivity contribution in [2.24, 2.45) is 11.8 Å². The van der Waals surface area contributed by atoms with Gasteiger partial charge in [0, 0.05) is 9.85 Å². The highest BCUT2D eigenvalue weighted by molar-refractivity contribution is 9.10. The molecule has 3 heteroatoms. The van der Waals surface area contributed by atoms with Crippen LogP contribution in [0.1, 0.15) is 50.5 Å². The summed E-state index contributed by atoms with van der Waals surface area (Å²) in [6.45, 7) is 3.47. The Labute approximate surface area is 123 Å². The zero-order valence-electron chi connectivity index (χ0n) is 11.4. The van der Waals surface area contributed by atoms with Gasteiger partial charge in [0.25, 0.3) is 0 Å². The van der Waals surface area contributed by atoms with Gasteiger partial charge in [0.1, 0.15) is 0 Å².